The summed E-state index contributed by atoms with van der Waals surface area (Å²) in [6, 6.07) is 11.6. The minimum atomic E-state index is -0.305. The summed E-state index contributed by atoms with van der Waals surface area (Å²) in [5.41, 5.74) is 2.12. The number of hydrogen-bond acceptors (Lipinski definition) is 6. The van der Waals surface area contributed by atoms with Crippen LogP contribution in [-0.4, -0.2) is 48.9 Å². The van der Waals surface area contributed by atoms with Crippen LogP contribution in [-0.2, 0) is 4.74 Å². The monoisotopic (exact) mass is 438 g/mol. The Morgan fingerprint density at radius 3 is 2.72 bits per heavy atom. The fourth-order valence-electron chi connectivity index (χ4n) is 3.92. The maximum Gasteiger partial charge on any atom is 0.189 e. The minimum Gasteiger partial charge on any atom is -0.468 e. The lowest BCUT2D eigenvalue weighted by Gasteiger charge is -2.30. The molecule has 168 valence electrons. The van der Waals surface area contributed by atoms with Gasteiger partial charge in [-0.2, -0.15) is 0 Å². The standard InChI is InChI=1S/C25H27FN2O4/c1-18(29)19-4-7-22(8-5-19)31-17-30-15-3-2-12-28-13-10-20(11-14-28)25-23-9-6-21(26)16-24(23)32-27-25/h2-9,16,20H,10-15,17H2,1H3. The summed E-state index contributed by atoms with van der Waals surface area (Å²) in [4.78, 5) is 13.7. The summed E-state index contributed by atoms with van der Waals surface area (Å²) in [7, 11) is 0. The third-order valence-corrected chi connectivity index (χ3v) is 5.75. The Bertz CT molecular complexity index is 1070. The van der Waals surface area contributed by atoms with Gasteiger partial charge >= 0.3 is 0 Å². The summed E-state index contributed by atoms with van der Waals surface area (Å²) in [5.74, 6) is 0.741. The Hall–Kier alpha value is -3.03. The molecule has 2 heterocycles. The van der Waals surface area contributed by atoms with Gasteiger partial charge in [-0.05, 0) is 69.3 Å². The number of aromatic nitrogens is 1. The number of Topliss-reactive ketones (excluding diaryl/α,β-unsaturated/α-hetero) is 1. The van der Waals surface area contributed by atoms with Crippen LogP contribution in [0.3, 0.4) is 0 Å². The number of benzene rings is 2. The second-order valence-electron chi connectivity index (χ2n) is 7.97. The van der Waals surface area contributed by atoms with Crippen molar-refractivity contribution in [3.8, 4) is 5.75 Å². The predicted octanol–water partition coefficient (Wildman–Crippen LogP) is 4.96. The molecule has 32 heavy (non-hydrogen) atoms. The molecule has 7 heteroatoms. The Labute approximate surface area is 186 Å². The number of carbonyl (C=O) groups is 1. The number of fused-ring (bicyclic) bond motifs is 1. The molecule has 1 fully saturated rings. The van der Waals surface area contributed by atoms with Gasteiger partial charge < -0.3 is 14.0 Å². The highest BCUT2D eigenvalue weighted by Crippen LogP contribution is 2.32. The second-order valence-corrected chi connectivity index (χ2v) is 7.97. The molecule has 1 aliphatic heterocycles. The molecule has 3 aromatic rings. The smallest absolute Gasteiger partial charge is 0.189 e. The predicted molar refractivity (Wildman–Crippen MR) is 119 cm³/mol. The van der Waals surface area contributed by atoms with Gasteiger partial charge in [-0.1, -0.05) is 17.3 Å². The summed E-state index contributed by atoms with van der Waals surface area (Å²) in [6.07, 6.45) is 6.10. The van der Waals surface area contributed by atoms with E-state index in [9.17, 15) is 9.18 Å². The molecule has 0 amide bonds. The van der Waals surface area contributed by atoms with Crippen LogP contribution in [0.15, 0.2) is 59.1 Å². The molecule has 0 aliphatic carbocycles. The highest BCUT2D eigenvalue weighted by atomic mass is 19.1. The van der Waals surface area contributed by atoms with Gasteiger partial charge in [-0.15, -0.1) is 0 Å². The molecule has 0 N–H and O–H groups in total. The van der Waals surface area contributed by atoms with Crippen LogP contribution in [0.5, 0.6) is 5.75 Å². The summed E-state index contributed by atoms with van der Waals surface area (Å²) < 4.78 is 29.6. The first kappa shape index (κ1) is 22.2. The number of rotatable bonds is 9. The molecule has 1 saturated heterocycles. The van der Waals surface area contributed by atoms with Crippen LogP contribution in [0.2, 0.25) is 0 Å². The summed E-state index contributed by atoms with van der Waals surface area (Å²) >= 11 is 0. The Morgan fingerprint density at radius 2 is 1.97 bits per heavy atom. The number of piperidine rings is 1. The SMILES string of the molecule is CC(=O)c1ccc(OCOCC=CCN2CCC(c3noc4cc(F)ccc34)CC2)cc1. The van der Waals surface area contributed by atoms with E-state index >= 15 is 0 Å². The highest BCUT2D eigenvalue weighted by Gasteiger charge is 2.24. The molecule has 4 rings (SSSR count). The van der Waals surface area contributed by atoms with Gasteiger partial charge in [0.05, 0.1) is 12.3 Å². The van der Waals surface area contributed by atoms with E-state index in [1.165, 1.54) is 19.1 Å². The van der Waals surface area contributed by atoms with Crippen LogP contribution in [0, 0.1) is 5.82 Å². The zero-order chi connectivity index (χ0) is 22.3. The van der Waals surface area contributed by atoms with E-state index in [0.29, 0.717) is 29.4 Å². The van der Waals surface area contributed by atoms with Crippen molar-refractivity contribution in [2.45, 2.75) is 25.7 Å². The molecule has 6 nitrogen and oxygen atoms in total. The van der Waals surface area contributed by atoms with Crippen molar-refractivity contribution in [1.82, 2.24) is 10.1 Å². The van der Waals surface area contributed by atoms with E-state index in [1.807, 2.05) is 6.08 Å². The molecule has 0 unspecified atom stereocenters. The first-order valence-corrected chi connectivity index (χ1v) is 10.8. The number of halogens is 1. The third kappa shape index (κ3) is 5.60. The lowest BCUT2D eigenvalue weighted by molar-refractivity contribution is 0.0305. The van der Waals surface area contributed by atoms with E-state index in [4.69, 9.17) is 14.0 Å². The molecular formula is C25H27FN2O4. The first-order chi connectivity index (χ1) is 15.6. The number of ketones is 1. The van der Waals surface area contributed by atoms with Crippen LogP contribution in [0.25, 0.3) is 11.0 Å². The average Bonchev–Trinajstić information content (AvgIpc) is 3.22. The second kappa shape index (κ2) is 10.5. The van der Waals surface area contributed by atoms with Gasteiger partial charge in [0.2, 0.25) is 0 Å². The largest absolute Gasteiger partial charge is 0.468 e. The van der Waals surface area contributed by atoms with Crippen molar-refractivity contribution in [2.24, 2.45) is 0 Å². The molecule has 1 aliphatic rings. The zero-order valence-corrected chi connectivity index (χ0v) is 18.1. The number of ether oxygens (including phenoxy) is 2. The lowest BCUT2D eigenvalue weighted by atomic mass is 9.91. The maximum atomic E-state index is 13.3. The molecule has 2 aromatic carbocycles. The molecule has 0 saturated carbocycles. The van der Waals surface area contributed by atoms with E-state index in [1.54, 1.807) is 30.3 Å². The molecule has 0 radical (unpaired) electrons. The number of nitrogens with zero attached hydrogens (tertiary/aromatic N) is 2. The Balaban J connectivity index is 1.13. The topological polar surface area (TPSA) is 64.8 Å². The van der Waals surface area contributed by atoms with E-state index in [2.05, 4.69) is 16.1 Å². The van der Waals surface area contributed by atoms with Crippen molar-refractivity contribution in [2.75, 3.05) is 33.0 Å². The van der Waals surface area contributed by atoms with Crippen LogP contribution >= 0.6 is 0 Å². The number of likely N-dealkylation sites (tertiary alicyclic amines) is 1. The zero-order valence-electron chi connectivity index (χ0n) is 18.1. The molecule has 0 spiro atoms. The first-order valence-electron chi connectivity index (χ1n) is 10.8. The quantitative estimate of drug-likeness (QED) is 0.204. The van der Waals surface area contributed by atoms with E-state index < -0.39 is 0 Å². The number of carbonyl (C=O) groups excluding carboxylic acids is 1. The van der Waals surface area contributed by atoms with E-state index in [0.717, 1.165) is 43.6 Å². The Kier molecular flexibility index (Phi) is 7.29. The van der Waals surface area contributed by atoms with Crippen molar-refractivity contribution in [3.05, 3.63) is 71.7 Å². The van der Waals surface area contributed by atoms with Crippen molar-refractivity contribution >= 4 is 16.8 Å². The average molecular weight is 438 g/mol. The van der Waals surface area contributed by atoms with Crippen molar-refractivity contribution < 1.29 is 23.2 Å². The van der Waals surface area contributed by atoms with Crippen LogP contribution in [0.4, 0.5) is 4.39 Å². The van der Waals surface area contributed by atoms with Gasteiger partial charge in [0.25, 0.3) is 0 Å². The van der Waals surface area contributed by atoms with E-state index in [-0.39, 0.29) is 18.4 Å². The molecule has 0 atom stereocenters. The maximum absolute atomic E-state index is 13.3. The van der Waals surface area contributed by atoms with Crippen LogP contribution in [0.1, 0.15) is 41.7 Å². The number of hydrogen-bond donors (Lipinski definition) is 0. The third-order valence-electron chi connectivity index (χ3n) is 5.75. The van der Waals surface area contributed by atoms with Gasteiger partial charge in [0.15, 0.2) is 18.2 Å². The van der Waals surface area contributed by atoms with Gasteiger partial charge in [0.1, 0.15) is 11.6 Å². The minimum absolute atomic E-state index is 0.0329. The normalized spacial score (nSPS) is 15.6. The van der Waals surface area contributed by atoms with Gasteiger partial charge in [0, 0.05) is 29.5 Å². The van der Waals surface area contributed by atoms with Gasteiger partial charge in [-0.3, -0.25) is 9.69 Å². The fraction of sp³-hybridized carbons (Fsp3) is 0.360. The lowest BCUT2D eigenvalue weighted by Crippen LogP contribution is -2.33. The summed E-state index contributed by atoms with van der Waals surface area (Å²) in [5, 5.41) is 5.12. The van der Waals surface area contributed by atoms with Crippen LogP contribution < -0.4 is 4.74 Å². The molecule has 1 aromatic heterocycles. The fourth-order valence-corrected chi connectivity index (χ4v) is 3.92. The molecule has 0 bridgehead atoms. The molecular weight excluding hydrogens is 411 g/mol. The Morgan fingerprint density at radius 1 is 1.19 bits per heavy atom. The summed E-state index contributed by atoms with van der Waals surface area (Å²) in [6.45, 7) is 4.99. The highest BCUT2D eigenvalue weighted by molar-refractivity contribution is 5.94. The van der Waals surface area contributed by atoms with Crippen molar-refractivity contribution in [3.63, 3.8) is 0 Å². The van der Waals surface area contributed by atoms with Gasteiger partial charge in [-0.25, -0.2) is 4.39 Å². The van der Waals surface area contributed by atoms with Crippen molar-refractivity contribution in [1.29, 1.82) is 0 Å².